The number of Topliss-reactive ketones (excluding diaryl/α,β-unsaturated/α-hetero) is 1. The number of ether oxygens (including phenoxy) is 3. The first kappa shape index (κ1) is 17.6. The van der Waals surface area contributed by atoms with E-state index in [0.29, 0.717) is 22.8 Å². The number of ketones is 1. The number of carbonyl (C=O) groups is 1. The van der Waals surface area contributed by atoms with Gasteiger partial charge in [-0.2, -0.15) is 0 Å². The van der Waals surface area contributed by atoms with Gasteiger partial charge < -0.3 is 14.2 Å². The van der Waals surface area contributed by atoms with E-state index in [-0.39, 0.29) is 13.2 Å². The van der Waals surface area contributed by atoms with Crippen LogP contribution in [0.2, 0.25) is 0 Å². The van der Waals surface area contributed by atoms with Gasteiger partial charge in [0.05, 0.1) is 26.9 Å². The molecule has 0 amide bonds. The van der Waals surface area contributed by atoms with E-state index < -0.39 is 0 Å². The highest BCUT2D eigenvalue weighted by Crippen LogP contribution is 2.34. The number of rotatable bonds is 5. The van der Waals surface area contributed by atoms with Crippen molar-refractivity contribution in [3.05, 3.63) is 42.0 Å². The maximum atomic E-state index is 11.5. The molecule has 2 rings (SSSR count). The van der Waals surface area contributed by atoms with Gasteiger partial charge in [-0.1, -0.05) is 19.6 Å². The molecule has 2 aromatic rings. The van der Waals surface area contributed by atoms with E-state index in [1.807, 2.05) is 30.3 Å². The fraction of sp³-hybridized carbons (Fsp3) is 0.278. The van der Waals surface area contributed by atoms with Crippen molar-refractivity contribution in [2.45, 2.75) is 14.4 Å². The molecule has 0 N–H and O–H groups in total. The minimum atomic E-state index is -0.0225. The molecule has 0 saturated heterocycles. The van der Waals surface area contributed by atoms with Crippen molar-refractivity contribution < 1.29 is 19.0 Å². The van der Waals surface area contributed by atoms with E-state index in [1.54, 1.807) is 27.4 Å². The lowest BCUT2D eigenvalue weighted by Gasteiger charge is -2.12. The van der Waals surface area contributed by atoms with Gasteiger partial charge in [-0.15, -0.1) is 0 Å². The summed E-state index contributed by atoms with van der Waals surface area (Å²) in [5, 5.41) is 0. The molecule has 2 aromatic carbocycles. The van der Waals surface area contributed by atoms with E-state index in [1.165, 1.54) is 6.92 Å². The van der Waals surface area contributed by atoms with Crippen molar-refractivity contribution in [3.63, 3.8) is 0 Å². The lowest BCUT2D eigenvalue weighted by atomic mass is 10.0. The predicted octanol–water partition coefficient (Wildman–Crippen LogP) is 4.22. The van der Waals surface area contributed by atoms with Crippen molar-refractivity contribution in [1.29, 1.82) is 0 Å². The second kappa shape index (κ2) is 7.50. The Hall–Kier alpha value is -2.49. The summed E-state index contributed by atoms with van der Waals surface area (Å²) in [5.74, 6) is 1.87. The first-order valence-corrected chi connectivity index (χ1v) is 6.52. The fourth-order valence-electron chi connectivity index (χ4n) is 2.18. The van der Waals surface area contributed by atoms with Crippen LogP contribution in [0.25, 0.3) is 11.1 Å². The molecule has 0 aliphatic heterocycles. The summed E-state index contributed by atoms with van der Waals surface area (Å²) in [7, 11) is 4.75. The molecule has 4 heteroatoms. The van der Waals surface area contributed by atoms with Crippen LogP contribution in [0.1, 0.15) is 24.7 Å². The first-order valence-electron chi connectivity index (χ1n) is 6.52. The van der Waals surface area contributed by atoms with Gasteiger partial charge in [-0.25, -0.2) is 0 Å². The molecule has 118 valence electrons. The number of benzene rings is 2. The van der Waals surface area contributed by atoms with Crippen LogP contribution >= 0.6 is 0 Å². The van der Waals surface area contributed by atoms with Crippen molar-refractivity contribution in [3.8, 4) is 28.4 Å². The standard InChI is InChI=1S/C17H18O4.CH4/c1-11(18)14-7-5-12(9-16(14)20-3)13-6-8-15(19-2)17(10-13)21-4;/h5-10H,1-4H3;1H4. The lowest BCUT2D eigenvalue weighted by Crippen LogP contribution is -1.97. The minimum absolute atomic E-state index is 0. The number of hydrogen-bond donors (Lipinski definition) is 0. The van der Waals surface area contributed by atoms with Crippen LogP contribution in [0.5, 0.6) is 17.2 Å². The monoisotopic (exact) mass is 302 g/mol. The molecule has 0 bridgehead atoms. The molecule has 0 atom stereocenters. The van der Waals surface area contributed by atoms with E-state index in [9.17, 15) is 4.79 Å². The Morgan fingerprint density at radius 1 is 0.773 bits per heavy atom. The summed E-state index contributed by atoms with van der Waals surface area (Å²) in [4.78, 5) is 11.5. The van der Waals surface area contributed by atoms with Crippen LogP contribution in [-0.4, -0.2) is 27.1 Å². The SMILES string of the molecule is C.COc1ccc(-c2ccc(C(C)=O)c(OC)c2)cc1OC. The first-order chi connectivity index (χ1) is 10.1. The molecule has 0 unspecified atom stereocenters. The molecule has 0 saturated carbocycles. The average molecular weight is 302 g/mol. The van der Waals surface area contributed by atoms with Crippen LogP contribution in [0.15, 0.2) is 36.4 Å². The smallest absolute Gasteiger partial charge is 0.163 e. The summed E-state index contributed by atoms with van der Waals surface area (Å²) in [5.41, 5.74) is 2.47. The molecular weight excluding hydrogens is 280 g/mol. The Kier molecular flexibility index (Phi) is 5.99. The maximum absolute atomic E-state index is 11.5. The minimum Gasteiger partial charge on any atom is -0.496 e. The molecule has 4 nitrogen and oxygen atoms in total. The Labute approximate surface area is 131 Å². The lowest BCUT2D eigenvalue weighted by molar-refractivity contribution is 0.101. The summed E-state index contributed by atoms with van der Waals surface area (Å²) in [6, 6.07) is 11.2. The largest absolute Gasteiger partial charge is 0.496 e. The van der Waals surface area contributed by atoms with E-state index in [0.717, 1.165) is 11.1 Å². The van der Waals surface area contributed by atoms with Crippen LogP contribution in [0.4, 0.5) is 0 Å². The highest BCUT2D eigenvalue weighted by Gasteiger charge is 2.11. The summed E-state index contributed by atoms with van der Waals surface area (Å²) in [6.45, 7) is 1.52. The number of methoxy groups -OCH3 is 3. The van der Waals surface area contributed by atoms with Gasteiger partial charge in [0.2, 0.25) is 0 Å². The summed E-state index contributed by atoms with van der Waals surface area (Å²) >= 11 is 0. The van der Waals surface area contributed by atoms with Gasteiger partial charge in [-0.3, -0.25) is 4.79 Å². The topological polar surface area (TPSA) is 44.8 Å². The van der Waals surface area contributed by atoms with Gasteiger partial charge in [0.15, 0.2) is 17.3 Å². The van der Waals surface area contributed by atoms with Gasteiger partial charge in [-0.05, 0) is 42.3 Å². The van der Waals surface area contributed by atoms with E-state index in [2.05, 4.69) is 0 Å². The second-order valence-corrected chi connectivity index (χ2v) is 4.54. The molecule has 0 radical (unpaired) electrons. The molecule has 22 heavy (non-hydrogen) atoms. The maximum Gasteiger partial charge on any atom is 0.163 e. The van der Waals surface area contributed by atoms with Gasteiger partial charge in [0.1, 0.15) is 5.75 Å². The molecule has 0 spiro atoms. The van der Waals surface area contributed by atoms with Gasteiger partial charge in [0.25, 0.3) is 0 Å². The van der Waals surface area contributed by atoms with Crippen molar-refractivity contribution in [2.24, 2.45) is 0 Å². The zero-order valence-electron chi connectivity index (χ0n) is 12.6. The van der Waals surface area contributed by atoms with Crippen molar-refractivity contribution >= 4 is 5.78 Å². The number of hydrogen-bond acceptors (Lipinski definition) is 4. The Bertz CT molecular complexity index is 662. The predicted molar refractivity (Wildman–Crippen MR) is 88.3 cm³/mol. The Morgan fingerprint density at radius 3 is 1.77 bits per heavy atom. The van der Waals surface area contributed by atoms with Gasteiger partial charge >= 0.3 is 0 Å². The molecule has 0 aliphatic rings. The molecule has 0 heterocycles. The third kappa shape index (κ3) is 3.39. The molecule has 0 aliphatic carbocycles. The number of carbonyl (C=O) groups excluding carboxylic acids is 1. The van der Waals surface area contributed by atoms with Crippen LogP contribution in [0.3, 0.4) is 0 Å². The van der Waals surface area contributed by atoms with Crippen LogP contribution in [0, 0.1) is 0 Å². The van der Waals surface area contributed by atoms with E-state index >= 15 is 0 Å². The molecular formula is C18H22O4. The Balaban J connectivity index is 0.00000242. The van der Waals surface area contributed by atoms with Crippen LogP contribution in [-0.2, 0) is 0 Å². The fourth-order valence-corrected chi connectivity index (χ4v) is 2.18. The van der Waals surface area contributed by atoms with Crippen molar-refractivity contribution in [2.75, 3.05) is 21.3 Å². The third-order valence-corrected chi connectivity index (χ3v) is 3.30. The van der Waals surface area contributed by atoms with Crippen LogP contribution < -0.4 is 14.2 Å². The quantitative estimate of drug-likeness (QED) is 0.776. The zero-order chi connectivity index (χ0) is 15.4. The molecule has 0 aromatic heterocycles. The summed E-state index contributed by atoms with van der Waals surface area (Å²) in [6.07, 6.45) is 0. The third-order valence-electron chi connectivity index (χ3n) is 3.30. The van der Waals surface area contributed by atoms with Gasteiger partial charge in [0, 0.05) is 0 Å². The average Bonchev–Trinajstić information content (AvgIpc) is 2.53. The Morgan fingerprint density at radius 2 is 1.27 bits per heavy atom. The zero-order valence-corrected chi connectivity index (χ0v) is 12.6. The van der Waals surface area contributed by atoms with Crippen molar-refractivity contribution in [1.82, 2.24) is 0 Å². The molecule has 0 fully saturated rings. The second-order valence-electron chi connectivity index (χ2n) is 4.54. The highest BCUT2D eigenvalue weighted by atomic mass is 16.5. The van der Waals surface area contributed by atoms with E-state index in [4.69, 9.17) is 14.2 Å². The summed E-state index contributed by atoms with van der Waals surface area (Å²) < 4.78 is 15.8. The normalized spacial score (nSPS) is 9.64. The highest BCUT2D eigenvalue weighted by molar-refractivity contribution is 5.97.